The average molecular weight is 343 g/mol. The van der Waals surface area contributed by atoms with E-state index < -0.39 is 0 Å². The first-order valence-electron chi connectivity index (χ1n) is 8.79. The van der Waals surface area contributed by atoms with Gasteiger partial charge in [-0.1, -0.05) is 0 Å². The van der Waals surface area contributed by atoms with Crippen LogP contribution in [0.15, 0.2) is 21.3 Å². The van der Waals surface area contributed by atoms with Crippen LogP contribution in [0.2, 0.25) is 0 Å². The van der Waals surface area contributed by atoms with Crippen molar-refractivity contribution in [2.45, 2.75) is 39.0 Å². The second-order valence-electron chi connectivity index (χ2n) is 6.59. The fourth-order valence-electron chi connectivity index (χ4n) is 3.62. The van der Waals surface area contributed by atoms with E-state index in [9.17, 15) is 9.59 Å². The summed E-state index contributed by atoms with van der Waals surface area (Å²) in [7, 11) is 0. The van der Waals surface area contributed by atoms with E-state index in [1.165, 1.54) is 5.06 Å². The van der Waals surface area contributed by atoms with Gasteiger partial charge < -0.3 is 9.15 Å². The van der Waals surface area contributed by atoms with Crippen LogP contribution in [0.25, 0.3) is 11.0 Å². The Morgan fingerprint density at radius 3 is 2.84 bits per heavy atom. The highest BCUT2D eigenvalue weighted by molar-refractivity contribution is 5.86. The van der Waals surface area contributed by atoms with Crippen LogP contribution in [0.4, 0.5) is 0 Å². The van der Waals surface area contributed by atoms with Crippen molar-refractivity contribution in [3.8, 4) is 5.75 Å². The number of hydrogen-bond donors (Lipinski definition) is 0. The number of benzene rings is 1. The maximum atomic E-state index is 12.2. The van der Waals surface area contributed by atoms with Crippen LogP contribution >= 0.6 is 0 Å². The third kappa shape index (κ3) is 2.91. The molecule has 0 saturated carbocycles. The van der Waals surface area contributed by atoms with E-state index in [-0.39, 0.29) is 18.1 Å². The molecule has 132 valence electrons. The Bertz CT molecular complexity index is 879. The maximum absolute atomic E-state index is 12.2. The zero-order valence-electron chi connectivity index (χ0n) is 14.3. The van der Waals surface area contributed by atoms with Crippen molar-refractivity contribution < 1.29 is 18.8 Å². The summed E-state index contributed by atoms with van der Waals surface area (Å²) >= 11 is 0. The molecule has 1 saturated heterocycles. The quantitative estimate of drug-likeness (QED) is 0.801. The lowest BCUT2D eigenvalue weighted by Crippen LogP contribution is -2.38. The van der Waals surface area contributed by atoms with Gasteiger partial charge in [-0.15, -0.1) is 0 Å². The number of aryl methyl sites for hydroxylation is 2. The topological polar surface area (TPSA) is 69.0 Å². The molecular weight excluding hydrogens is 322 g/mol. The summed E-state index contributed by atoms with van der Waals surface area (Å²) in [5.74, 6) is 0.355. The molecule has 1 amide bonds. The SMILES string of the molecule is Cc1c(OCC(=O)N2CCCCO2)ccc2c3c(c(=O)oc12)CCC3. The van der Waals surface area contributed by atoms with Crippen molar-refractivity contribution in [1.29, 1.82) is 0 Å². The van der Waals surface area contributed by atoms with Gasteiger partial charge in [-0.2, -0.15) is 0 Å². The third-order valence-corrected chi connectivity index (χ3v) is 4.97. The molecule has 0 atom stereocenters. The monoisotopic (exact) mass is 343 g/mol. The van der Waals surface area contributed by atoms with Crippen molar-refractivity contribution in [3.63, 3.8) is 0 Å². The molecule has 6 nitrogen and oxygen atoms in total. The van der Waals surface area contributed by atoms with Gasteiger partial charge in [0.15, 0.2) is 6.61 Å². The van der Waals surface area contributed by atoms with Crippen LogP contribution in [0.1, 0.15) is 36.0 Å². The average Bonchev–Trinajstić information content (AvgIpc) is 3.13. The summed E-state index contributed by atoms with van der Waals surface area (Å²) in [6, 6.07) is 3.77. The van der Waals surface area contributed by atoms with Gasteiger partial charge in [-0.3, -0.25) is 9.63 Å². The smallest absolute Gasteiger partial charge is 0.339 e. The molecule has 1 fully saturated rings. The third-order valence-electron chi connectivity index (χ3n) is 4.97. The maximum Gasteiger partial charge on any atom is 0.339 e. The number of carbonyl (C=O) groups excluding carboxylic acids is 1. The summed E-state index contributed by atoms with van der Waals surface area (Å²) in [5.41, 5.74) is 2.95. The van der Waals surface area contributed by atoms with Crippen LogP contribution in [0.3, 0.4) is 0 Å². The highest BCUT2D eigenvalue weighted by Crippen LogP contribution is 2.33. The second-order valence-corrected chi connectivity index (χ2v) is 6.59. The lowest BCUT2D eigenvalue weighted by atomic mass is 10.0. The van der Waals surface area contributed by atoms with Gasteiger partial charge in [-0.25, -0.2) is 9.86 Å². The van der Waals surface area contributed by atoms with E-state index in [0.29, 0.717) is 24.5 Å². The van der Waals surface area contributed by atoms with Crippen molar-refractivity contribution in [3.05, 3.63) is 39.2 Å². The minimum absolute atomic E-state index is 0.0957. The minimum Gasteiger partial charge on any atom is -0.483 e. The molecule has 25 heavy (non-hydrogen) atoms. The first kappa shape index (κ1) is 16.1. The molecule has 6 heteroatoms. The summed E-state index contributed by atoms with van der Waals surface area (Å²) in [5, 5.41) is 2.34. The normalized spacial score (nSPS) is 16.9. The van der Waals surface area contributed by atoms with Crippen molar-refractivity contribution in [1.82, 2.24) is 5.06 Å². The predicted octanol–water partition coefficient (Wildman–Crippen LogP) is 2.52. The van der Waals surface area contributed by atoms with Crippen LogP contribution in [-0.4, -0.2) is 30.7 Å². The van der Waals surface area contributed by atoms with Crippen molar-refractivity contribution >= 4 is 16.9 Å². The molecule has 1 aliphatic heterocycles. The van der Waals surface area contributed by atoms with Crippen LogP contribution in [0.5, 0.6) is 5.75 Å². The molecule has 2 aliphatic rings. The van der Waals surface area contributed by atoms with Gasteiger partial charge in [0, 0.05) is 23.1 Å². The molecule has 1 aromatic carbocycles. The van der Waals surface area contributed by atoms with E-state index in [4.69, 9.17) is 14.0 Å². The Labute approximate surface area is 145 Å². The Hall–Kier alpha value is -2.34. The summed E-state index contributed by atoms with van der Waals surface area (Å²) in [6.07, 6.45) is 4.59. The molecule has 0 bridgehead atoms. The first-order chi connectivity index (χ1) is 12.1. The Morgan fingerprint density at radius 1 is 1.20 bits per heavy atom. The lowest BCUT2D eigenvalue weighted by Gasteiger charge is -2.25. The number of fused-ring (bicyclic) bond motifs is 3. The standard InChI is InChI=1S/C19H21NO5/c1-12-16(23-11-17(21)20-9-2-3-10-24-20)8-7-14-13-5-4-6-15(13)19(22)25-18(12)14/h7-8H,2-6,9-11H2,1H3. The number of amides is 1. The first-order valence-corrected chi connectivity index (χ1v) is 8.79. The van der Waals surface area contributed by atoms with Gasteiger partial charge in [0.05, 0.1) is 6.61 Å². The van der Waals surface area contributed by atoms with Gasteiger partial charge in [-0.05, 0) is 56.7 Å². The van der Waals surface area contributed by atoms with E-state index in [0.717, 1.165) is 54.2 Å². The number of rotatable bonds is 3. The van der Waals surface area contributed by atoms with Gasteiger partial charge >= 0.3 is 5.63 Å². The molecule has 0 spiro atoms. The molecule has 1 aromatic heterocycles. The van der Waals surface area contributed by atoms with Gasteiger partial charge in [0.1, 0.15) is 11.3 Å². The van der Waals surface area contributed by atoms with E-state index in [1.54, 1.807) is 0 Å². The number of carbonyl (C=O) groups is 1. The fraction of sp³-hybridized carbons (Fsp3) is 0.474. The molecular formula is C19H21NO5. The zero-order valence-corrected chi connectivity index (χ0v) is 14.3. The molecule has 0 unspecified atom stereocenters. The molecule has 2 heterocycles. The van der Waals surface area contributed by atoms with Crippen LogP contribution in [0, 0.1) is 6.92 Å². The molecule has 0 N–H and O–H groups in total. The Morgan fingerprint density at radius 2 is 2.04 bits per heavy atom. The Kier molecular flexibility index (Phi) is 4.21. The predicted molar refractivity (Wildman–Crippen MR) is 91.6 cm³/mol. The summed E-state index contributed by atoms with van der Waals surface area (Å²) in [6.45, 7) is 2.92. The molecule has 4 rings (SSSR count). The highest BCUT2D eigenvalue weighted by Gasteiger charge is 2.22. The number of hydroxylamine groups is 2. The zero-order chi connectivity index (χ0) is 17.4. The second kappa shape index (κ2) is 6.52. The Balaban J connectivity index is 1.58. The number of ether oxygens (including phenoxy) is 1. The van der Waals surface area contributed by atoms with Crippen molar-refractivity contribution in [2.75, 3.05) is 19.8 Å². The van der Waals surface area contributed by atoms with E-state index >= 15 is 0 Å². The highest BCUT2D eigenvalue weighted by atomic mass is 16.7. The molecule has 2 aromatic rings. The van der Waals surface area contributed by atoms with E-state index in [2.05, 4.69) is 0 Å². The summed E-state index contributed by atoms with van der Waals surface area (Å²) in [4.78, 5) is 29.7. The van der Waals surface area contributed by atoms with Gasteiger partial charge in [0.2, 0.25) is 0 Å². The van der Waals surface area contributed by atoms with Crippen molar-refractivity contribution in [2.24, 2.45) is 0 Å². The lowest BCUT2D eigenvalue weighted by molar-refractivity contribution is -0.198. The number of hydrogen-bond acceptors (Lipinski definition) is 5. The van der Waals surface area contributed by atoms with E-state index in [1.807, 2.05) is 19.1 Å². The summed E-state index contributed by atoms with van der Waals surface area (Å²) < 4.78 is 11.2. The molecule has 1 aliphatic carbocycles. The number of nitrogens with zero attached hydrogens (tertiary/aromatic N) is 1. The van der Waals surface area contributed by atoms with Gasteiger partial charge in [0.25, 0.3) is 5.91 Å². The molecule has 0 radical (unpaired) electrons. The minimum atomic E-state index is -0.252. The fourth-order valence-corrected chi connectivity index (χ4v) is 3.62. The largest absolute Gasteiger partial charge is 0.483 e. The van der Waals surface area contributed by atoms with Crippen LogP contribution in [-0.2, 0) is 22.5 Å². The van der Waals surface area contributed by atoms with Crippen LogP contribution < -0.4 is 10.4 Å².